The van der Waals surface area contributed by atoms with Crippen molar-refractivity contribution in [2.24, 2.45) is 10.8 Å². The van der Waals surface area contributed by atoms with Gasteiger partial charge in [0.05, 0.1) is 10.8 Å². The van der Waals surface area contributed by atoms with Crippen LogP contribution in [0.5, 0.6) is 0 Å². The molecule has 0 bridgehead atoms. The lowest BCUT2D eigenvalue weighted by Gasteiger charge is -2.38. The molecule has 2 saturated heterocycles. The summed E-state index contributed by atoms with van der Waals surface area (Å²) in [7, 11) is 0. The van der Waals surface area contributed by atoms with Crippen LogP contribution in [-0.4, -0.2) is 46.4 Å². The summed E-state index contributed by atoms with van der Waals surface area (Å²) >= 11 is 0. The molecule has 1 aromatic carbocycles. The second kappa shape index (κ2) is 7.18. The molecule has 2 amide bonds. The Labute approximate surface area is 180 Å². The number of imide groups is 1. The number of nitrogen functional groups attached to an aromatic ring is 1. The lowest BCUT2D eigenvalue weighted by molar-refractivity contribution is -0.133. The van der Waals surface area contributed by atoms with E-state index in [1.165, 1.54) is 11.1 Å². The molecule has 0 radical (unpaired) electrons. The van der Waals surface area contributed by atoms with Crippen LogP contribution in [0.1, 0.15) is 36.8 Å². The number of aromatic nitrogens is 3. The van der Waals surface area contributed by atoms with Crippen molar-refractivity contribution in [3.05, 3.63) is 35.4 Å². The lowest BCUT2D eigenvalue weighted by atomic mass is 9.59. The van der Waals surface area contributed by atoms with Gasteiger partial charge in [0.15, 0.2) is 0 Å². The molecule has 5 rings (SSSR count). The second-order valence-electron chi connectivity index (χ2n) is 8.93. The monoisotopic (exact) mass is 421 g/mol. The van der Waals surface area contributed by atoms with Crippen LogP contribution in [0.4, 0.5) is 17.8 Å². The first kappa shape index (κ1) is 19.7. The Bertz CT molecular complexity index is 1030. The Morgan fingerprint density at radius 2 is 1.74 bits per heavy atom. The maximum absolute atomic E-state index is 12.8. The summed E-state index contributed by atoms with van der Waals surface area (Å²) in [6.07, 6.45) is 4.15. The molecule has 3 aliphatic rings. The van der Waals surface area contributed by atoms with Crippen molar-refractivity contribution < 1.29 is 9.59 Å². The molecule has 1 aromatic heterocycles. The van der Waals surface area contributed by atoms with Gasteiger partial charge in [-0.2, -0.15) is 15.0 Å². The SMILES string of the molecule is Cc1ccccc1CCNc1nc(N)nc(N2CC34CCCCC3(C2)C(=O)NC4=O)n1. The third-order valence-electron chi connectivity index (χ3n) is 7.25. The van der Waals surface area contributed by atoms with Gasteiger partial charge in [0.1, 0.15) is 0 Å². The second-order valence-corrected chi connectivity index (χ2v) is 8.93. The Kier molecular flexibility index (Phi) is 4.56. The quantitative estimate of drug-likeness (QED) is 0.619. The molecule has 31 heavy (non-hydrogen) atoms. The minimum Gasteiger partial charge on any atom is -0.368 e. The van der Waals surface area contributed by atoms with Crippen LogP contribution < -0.4 is 21.3 Å². The topological polar surface area (TPSA) is 126 Å². The van der Waals surface area contributed by atoms with Crippen LogP contribution in [0.2, 0.25) is 0 Å². The summed E-state index contributed by atoms with van der Waals surface area (Å²) in [5.41, 5.74) is 7.09. The molecular formula is C22H27N7O2. The van der Waals surface area contributed by atoms with Crippen molar-refractivity contribution in [1.29, 1.82) is 0 Å². The van der Waals surface area contributed by atoms with Crippen LogP contribution in [0.25, 0.3) is 0 Å². The molecule has 0 spiro atoms. The van der Waals surface area contributed by atoms with Gasteiger partial charge in [-0.15, -0.1) is 0 Å². The summed E-state index contributed by atoms with van der Waals surface area (Å²) < 4.78 is 0. The number of nitrogens with two attached hydrogens (primary N) is 1. The fourth-order valence-electron chi connectivity index (χ4n) is 5.59. The van der Waals surface area contributed by atoms with E-state index in [4.69, 9.17) is 5.73 Å². The molecule has 162 valence electrons. The van der Waals surface area contributed by atoms with Gasteiger partial charge in [0.2, 0.25) is 29.7 Å². The molecule has 9 heteroatoms. The van der Waals surface area contributed by atoms with E-state index in [-0.39, 0.29) is 17.8 Å². The molecule has 2 aromatic rings. The number of rotatable bonds is 5. The number of carbonyl (C=O) groups is 2. The first-order valence-corrected chi connectivity index (χ1v) is 10.8. The van der Waals surface area contributed by atoms with Crippen molar-refractivity contribution in [2.75, 3.05) is 35.6 Å². The molecule has 2 atom stereocenters. The first-order chi connectivity index (χ1) is 14.9. The number of hydrogen-bond acceptors (Lipinski definition) is 8. The standard InChI is InChI=1S/C22H27N7O2/c1-14-6-2-3-7-15(14)8-11-24-19-26-18(23)27-20(28-19)29-12-21-9-4-5-10-22(21,13-29)17(31)25-16(21)30/h2-3,6-7H,4-5,8-13H2,1H3,(H,25,30,31)(H3,23,24,26,27,28). The van der Waals surface area contributed by atoms with Gasteiger partial charge in [0.25, 0.3) is 0 Å². The van der Waals surface area contributed by atoms with Crippen molar-refractivity contribution in [1.82, 2.24) is 20.3 Å². The predicted molar refractivity (Wildman–Crippen MR) is 116 cm³/mol. The van der Waals surface area contributed by atoms with Crippen LogP contribution >= 0.6 is 0 Å². The third-order valence-corrected chi connectivity index (χ3v) is 7.25. The van der Waals surface area contributed by atoms with Gasteiger partial charge in [-0.1, -0.05) is 37.1 Å². The highest BCUT2D eigenvalue weighted by Gasteiger charge is 2.71. The normalized spacial score (nSPS) is 27.1. The molecular weight excluding hydrogens is 394 g/mol. The van der Waals surface area contributed by atoms with Crippen molar-refractivity contribution in [2.45, 2.75) is 39.0 Å². The van der Waals surface area contributed by atoms with E-state index in [0.29, 0.717) is 44.4 Å². The average molecular weight is 422 g/mol. The Hall–Kier alpha value is -3.23. The van der Waals surface area contributed by atoms with Crippen LogP contribution in [0.15, 0.2) is 24.3 Å². The first-order valence-electron chi connectivity index (χ1n) is 10.8. The van der Waals surface area contributed by atoms with Gasteiger partial charge in [0, 0.05) is 19.6 Å². The van der Waals surface area contributed by atoms with Crippen molar-refractivity contribution in [3.8, 4) is 0 Å². The zero-order valence-electron chi connectivity index (χ0n) is 17.6. The van der Waals surface area contributed by atoms with Crippen LogP contribution in [0.3, 0.4) is 0 Å². The van der Waals surface area contributed by atoms with E-state index in [1.807, 2.05) is 17.0 Å². The van der Waals surface area contributed by atoms with E-state index in [9.17, 15) is 9.59 Å². The fraction of sp³-hybridized carbons (Fsp3) is 0.500. The maximum atomic E-state index is 12.8. The fourth-order valence-corrected chi connectivity index (χ4v) is 5.59. The summed E-state index contributed by atoms with van der Waals surface area (Å²) in [6, 6.07) is 8.25. The van der Waals surface area contributed by atoms with Crippen LogP contribution in [0, 0.1) is 17.8 Å². The number of amides is 2. The van der Waals surface area contributed by atoms with Gasteiger partial charge in [-0.25, -0.2) is 0 Å². The minimum atomic E-state index is -0.692. The number of benzene rings is 1. The molecule has 3 fully saturated rings. The van der Waals surface area contributed by atoms with E-state index in [0.717, 1.165) is 19.3 Å². The van der Waals surface area contributed by atoms with E-state index < -0.39 is 10.8 Å². The Morgan fingerprint density at radius 1 is 1.06 bits per heavy atom. The summed E-state index contributed by atoms with van der Waals surface area (Å²) in [6.45, 7) is 3.60. The molecule has 2 unspecified atom stereocenters. The zero-order chi connectivity index (χ0) is 21.6. The number of hydrogen-bond donors (Lipinski definition) is 3. The summed E-state index contributed by atoms with van der Waals surface area (Å²) in [4.78, 5) is 40.6. The molecule has 9 nitrogen and oxygen atoms in total. The van der Waals surface area contributed by atoms with Gasteiger partial charge in [-0.3, -0.25) is 14.9 Å². The summed E-state index contributed by atoms with van der Waals surface area (Å²) in [5.74, 6) is 0.634. The van der Waals surface area contributed by atoms with Gasteiger partial charge in [-0.05, 0) is 37.3 Å². The zero-order valence-corrected chi connectivity index (χ0v) is 17.6. The molecule has 2 aliphatic heterocycles. The van der Waals surface area contributed by atoms with E-state index >= 15 is 0 Å². The molecule has 1 aliphatic carbocycles. The number of aryl methyl sites for hydroxylation is 1. The molecule has 3 heterocycles. The lowest BCUT2D eigenvalue weighted by Crippen LogP contribution is -2.46. The highest BCUT2D eigenvalue weighted by Crippen LogP contribution is 2.59. The Balaban J connectivity index is 1.36. The third kappa shape index (κ3) is 3.02. The maximum Gasteiger partial charge on any atom is 0.235 e. The van der Waals surface area contributed by atoms with Gasteiger partial charge >= 0.3 is 0 Å². The van der Waals surface area contributed by atoms with E-state index in [2.05, 4.69) is 44.6 Å². The smallest absolute Gasteiger partial charge is 0.235 e. The number of nitrogens with zero attached hydrogens (tertiary/aromatic N) is 4. The largest absolute Gasteiger partial charge is 0.368 e. The average Bonchev–Trinajstić information content (AvgIpc) is 3.22. The van der Waals surface area contributed by atoms with Gasteiger partial charge < -0.3 is 16.0 Å². The summed E-state index contributed by atoms with van der Waals surface area (Å²) in [5, 5.41) is 5.83. The highest BCUT2D eigenvalue weighted by atomic mass is 16.2. The van der Waals surface area contributed by atoms with E-state index in [1.54, 1.807) is 0 Å². The highest BCUT2D eigenvalue weighted by molar-refractivity contribution is 6.11. The molecule has 1 saturated carbocycles. The number of anilines is 3. The van der Waals surface area contributed by atoms with Crippen LogP contribution in [-0.2, 0) is 16.0 Å². The Morgan fingerprint density at radius 3 is 2.42 bits per heavy atom. The minimum absolute atomic E-state index is 0.120. The molecule has 4 N–H and O–H groups in total. The number of carbonyl (C=O) groups excluding carboxylic acids is 2. The number of nitrogens with one attached hydrogen (secondary N) is 2. The predicted octanol–water partition coefficient (Wildman–Crippen LogP) is 1.44. The van der Waals surface area contributed by atoms with Crippen molar-refractivity contribution >= 4 is 29.7 Å². The van der Waals surface area contributed by atoms with Crippen molar-refractivity contribution in [3.63, 3.8) is 0 Å².